The summed E-state index contributed by atoms with van der Waals surface area (Å²) < 4.78 is 0. The maximum Gasteiger partial charge on any atom is 0.232 e. The predicted molar refractivity (Wildman–Crippen MR) is 145 cm³/mol. The van der Waals surface area contributed by atoms with E-state index in [4.69, 9.17) is 22.2 Å². The number of aromatic nitrogens is 2. The number of hydrogen-bond donors (Lipinski definition) is 2. The lowest BCUT2D eigenvalue weighted by Gasteiger charge is -2.35. The molecule has 2 saturated heterocycles. The molecule has 2 aliphatic heterocycles. The minimum absolute atomic E-state index is 0.152. The van der Waals surface area contributed by atoms with E-state index in [1.807, 2.05) is 0 Å². The van der Waals surface area contributed by atoms with E-state index in [0.29, 0.717) is 17.1 Å². The third kappa shape index (κ3) is 5.14. The third-order valence-electron chi connectivity index (χ3n) is 7.99. The van der Waals surface area contributed by atoms with Crippen molar-refractivity contribution in [3.8, 4) is 0 Å². The Morgan fingerprint density at radius 3 is 2.41 bits per heavy atom. The van der Waals surface area contributed by atoms with Gasteiger partial charge < -0.3 is 20.4 Å². The van der Waals surface area contributed by atoms with Crippen molar-refractivity contribution in [1.82, 2.24) is 15.3 Å². The number of hydrogen-bond acceptors (Lipinski definition) is 5. The number of nitrogens with one attached hydrogen (secondary N) is 2. The Labute approximate surface area is 209 Å². The molecule has 1 unspecified atom stereocenters. The quantitative estimate of drug-likeness (QED) is 0.550. The molecule has 0 spiro atoms. The molecule has 5 rings (SSSR count). The highest BCUT2D eigenvalue weighted by Crippen LogP contribution is 2.40. The number of rotatable bonds is 6. The fraction of sp³-hybridized carbons (Fsp3) is 0.593. The Kier molecular flexibility index (Phi) is 7.18. The predicted octanol–water partition coefficient (Wildman–Crippen LogP) is 5.25. The van der Waals surface area contributed by atoms with Crippen molar-refractivity contribution in [1.29, 1.82) is 0 Å². The standard InChI is InChI=1S/C27H38N6S/c1-21-11-5-8-18-33(21)24-19-23(32-16-9-10-17-32)29-25(30-24)31-26(34)28-20-27(14-6-7-15-27)22-12-3-2-4-13-22/h2-4,12-13,19,21H,5-11,14-18,20H2,1H3,(H2,28,29,30,31,34). The van der Waals surface area contributed by atoms with E-state index >= 15 is 0 Å². The highest BCUT2D eigenvalue weighted by Gasteiger charge is 2.35. The van der Waals surface area contributed by atoms with Gasteiger partial charge in [-0.2, -0.15) is 9.97 Å². The van der Waals surface area contributed by atoms with Gasteiger partial charge in [-0.25, -0.2) is 0 Å². The van der Waals surface area contributed by atoms with Crippen LogP contribution in [0.5, 0.6) is 0 Å². The third-order valence-corrected chi connectivity index (χ3v) is 8.23. The molecular formula is C27H38N6S. The van der Waals surface area contributed by atoms with Crippen LogP contribution < -0.4 is 20.4 Å². The van der Waals surface area contributed by atoms with Crippen molar-refractivity contribution in [2.24, 2.45) is 0 Å². The molecule has 1 aromatic carbocycles. The molecule has 7 heteroatoms. The SMILES string of the molecule is CC1CCCCN1c1cc(N2CCCC2)nc(NC(=S)NCC2(c3ccccc3)CCCC2)n1. The molecule has 1 aliphatic carbocycles. The molecule has 1 aromatic heterocycles. The van der Waals surface area contributed by atoms with Crippen LogP contribution in [0.25, 0.3) is 0 Å². The topological polar surface area (TPSA) is 56.3 Å². The van der Waals surface area contributed by atoms with Gasteiger partial charge in [0.05, 0.1) is 0 Å². The highest BCUT2D eigenvalue weighted by molar-refractivity contribution is 7.80. The van der Waals surface area contributed by atoms with Gasteiger partial charge >= 0.3 is 0 Å². The van der Waals surface area contributed by atoms with Crippen molar-refractivity contribution >= 4 is 34.9 Å². The lowest BCUT2D eigenvalue weighted by atomic mass is 9.79. The van der Waals surface area contributed by atoms with Gasteiger partial charge in [0.25, 0.3) is 0 Å². The Hall–Kier alpha value is -2.41. The number of thiocarbonyl (C=S) groups is 1. The zero-order valence-corrected chi connectivity index (χ0v) is 21.2. The summed E-state index contributed by atoms with van der Waals surface area (Å²) in [4.78, 5) is 14.6. The summed E-state index contributed by atoms with van der Waals surface area (Å²) in [6.45, 7) is 6.33. The summed E-state index contributed by atoms with van der Waals surface area (Å²) in [6, 6.07) is 13.6. The minimum Gasteiger partial charge on any atom is -0.361 e. The van der Waals surface area contributed by atoms with Gasteiger partial charge in [-0.15, -0.1) is 0 Å². The van der Waals surface area contributed by atoms with E-state index in [1.54, 1.807) is 0 Å². The molecule has 0 amide bonds. The molecule has 182 valence electrons. The summed E-state index contributed by atoms with van der Waals surface area (Å²) >= 11 is 5.74. The Morgan fingerprint density at radius 2 is 1.68 bits per heavy atom. The van der Waals surface area contributed by atoms with Crippen LogP contribution in [0.3, 0.4) is 0 Å². The maximum absolute atomic E-state index is 5.74. The molecule has 2 aromatic rings. The molecule has 1 saturated carbocycles. The monoisotopic (exact) mass is 478 g/mol. The second-order valence-corrected chi connectivity index (χ2v) is 10.7. The molecule has 0 bridgehead atoms. The van der Waals surface area contributed by atoms with Crippen LogP contribution in [0.4, 0.5) is 17.6 Å². The Balaban J connectivity index is 1.32. The molecule has 3 aliphatic rings. The first-order valence-corrected chi connectivity index (χ1v) is 13.5. The first-order valence-electron chi connectivity index (χ1n) is 13.1. The van der Waals surface area contributed by atoms with Crippen molar-refractivity contribution in [3.63, 3.8) is 0 Å². The van der Waals surface area contributed by atoms with Gasteiger partial charge in [-0.3, -0.25) is 0 Å². The molecule has 6 nitrogen and oxygen atoms in total. The van der Waals surface area contributed by atoms with Crippen molar-refractivity contribution in [2.45, 2.75) is 76.2 Å². The second kappa shape index (κ2) is 10.5. The van der Waals surface area contributed by atoms with Crippen LogP contribution in [-0.2, 0) is 5.41 Å². The summed E-state index contributed by atoms with van der Waals surface area (Å²) in [5.74, 6) is 2.64. The molecule has 0 radical (unpaired) electrons. The average molecular weight is 479 g/mol. The van der Waals surface area contributed by atoms with E-state index in [1.165, 1.54) is 63.4 Å². The van der Waals surface area contributed by atoms with Gasteiger partial charge in [0.1, 0.15) is 11.6 Å². The van der Waals surface area contributed by atoms with Crippen LogP contribution in [0.1, 0.15) is 70.3 Å². The smallest absolute Gasteiger partial charge is 0.232 e. The lowest BCUT2D eigenvalue weighted by Crippen LogP contribution is -2.41. The van der Waals surface area contributed by atoms with E-state index in [9.17, 15) is 0 Å². The molecule has 1 atom stereocenters. The van der Waals surface area contributed by atoms with Crippen molar-refractivity contribution in [2.75, 3.05) is 41.3 Å². The van der Waals surface area contributed by atoms with Crippen LogP contribution in [-0.4, -0.2) is 47.3 Å². The van der Waals surface area contributed by atoms with Crippen molar-refractivity contribution < 1.29 is 0 Å². The zero-order chi connectivity index (χ0) is 23.4. The molecule has 3 heterocycles. The van der Waals surface area contributed by atoms with Crippen LogP contribution >= 0.6 is 12.2 Å². The fourth-order valence-corrected chi connectivity index (χ4v) is 6.14. The molecule has 34 heavy (non-hydrogen) atoms. The van der Waals surface area contributed by atoms with Gasteiger partial charge in [-0.05, 0) is 69.7 Å². The Morgan fingerprint density at radius 1 is 0.971 bits per heavy atom. The average Bonchev–Trinajstić information content (AvgIpc) is 3.57. The van der Waals surface area contributed by atoms with Crippen molar-refractivity contribution in [3.05, 3.63) is 42.0 Å². The fourth-order valence-electron chi connectivity index (χ4n) is 5.98. The van der Waals surface area contributed by atoms with Crippen LogP contribution in [0.2, 0.25) is 0 Å². The van der Waals surface area contributed by atoms with Gasteiger partial charge in [0, 0.05) is 43.7 Å². The van der Waals surface area contributed by atoms with Crippen LogP contribution in [0, 0.1) is 0 Å². The summed E-state index contributed by atoms with van der Waals surface area (Å²) in [6.07, 6.45) is 11.1. The minimum atomic E-state index is 0.152. The summed E-state index contributed by atoms with van der Waals surface area (Å²) in [5, 5.41) is 7.47. The molecular weight excluding hydrogens is 440 g/mol. The summed E-state index contributed by atoms with van der Waals surface area (Å²) in [7, 11) is 0. The first kappa shape index (κ1) is 23.3. The van der Waals surface area contributed by atoms with Gasteiger partial charge in [0.2, 0.25) is 5.95 Å². The zero-order valence-electron chi connectivity index (χ0n) is 20.4. The van der Waals surface area contributed by atoms with E-state index < -0.39 is 0 Å². The van der Waals surface area contributed by atoms with E-state index in [-0.39, 0.29) is 5.41 Å². The van der Waals surface area contributed by atoms with Gasteiger partial charge in [0.15, 0.2) is 5.11 Å². The number of benzene rings is 1. The largest absolute Gasteiger partial charge is 0.361 e. The molecule has 3 fully saturated rings. The lowest BCUT2D eigenvalue weighted by molar-refractivity contribution is 0.435. The second-order valence-electron chi connectivity index (χ2n) is 10.3. The normalized spacial score (nSPS) is 22.1. The number of piperidine rings is 1. The first-order chi connectivity index (χ1) is 16.6. The highest BCUT2D eigenvalue weighted by atomic mass is 32.1. The Bertz CT molecular complexity index is 968. The molecule has 2 N–H and O–H groups in total. The summed E-state index contributed by atoms with van der Waals surface area (Å²) in [5.41, 5.74) is 1.57. The van der Waals surface area contributed by atoms with Crippen LogP contribution in [0.15, 0.2) is 36.4 Å². The number of anilines is 3. The van der Waals surface area contributed by atoms with E-state index in [2.05, 4.69) is 63.8 Å². The number of nitrogens with zero attached hydrogens (tertiary/aromatic N) is 4. The maximum atomic E-state index is 5.74. The van der Waals surface area contributed by atoms with Gasteiger partial charge in [-0.1, -0.05) is 43.2 Å². The van der Waals surface area contributed by atoms with E-state index in [0.717, 1.165) is 37.8 Å².